The Hall–Kier alpha value is -3.88. The Labute approximate surface area is 165 Å². The quantitative estimate of drug-likeness (QED) is 0.424. The minimum atomic E-state index is -0.339. The highest BCUT2D eigenvalue weighted by molar-refractivity contribution is 5.90. The monoisotopic (exact) mass is 392 g/mol. The molecular formula is C20H20N6O3. The van der Waals surface area contributed by atoms with Gasteiger partial charge in [0.25, 0.3) is 5.89 Å². The van der Waals surface area contributed by atoms with E-state index >= 15 is 0 Å². The van der Waals surface area contributed by atoms with Crippen LogP contribution >= 0.6 is 0 Å². The van der Waals surface area contributed by atoms with Gasteiger partial charge >= 0.3 is 11.7 Å². The molecule has 0 fully saturated rings. The van der Waals surface area contributed by atoms with Crippen LogP contribution in [0.3, 0.4) is 0 Å². The Morgan fingerprint density at radius 2 is 1.83 bits per heavy atom. The van der Waals surface area contributed by atoms with Gasteiger partial charge in [0, 0.05) is 22.4 Å². The van der Waals surface area contributed by atoms with Gasteiger partial charge in [-0.1, -0.05) is 11.2 Å². The van der Waals surface area contributed by atoms with Crippen molar-refractivity contribution in [3.63, 3.8) is 0 Å². The highest BCUT2D eigenvalue weighted by Crippen LogP contribution is 2.25. The van der Waals surface area contributed by atoms with E-state index in [1.54, 1.807) is 36.4 Å². The summed E-state index contributed by atoms with van der Waals surface area (Å²) >= 11 is 0. The Morgan fingerprint density at radius 1 is 1.03 bits per heavy atom. The number of amides is 2. The predicted molar refractivity (Wildman–Crippen MR) is 110 cm³/mol. The van der Waals surface area contributed by atoms with Crippen LogP contribution in [-0.4, -0.2) is 31.7 Å². The second-order valence-electron chi connectivity index (χ2n) is 7.67. The van der Waals surface area contributed by atoms with Crippen molar-refractivity contribution in [3.05, 3.63) is 52.9 Å². The molecule has 2 heterocycles. The van der Waals surface area contributed by atoms with Crippen molar-refractivity contribution in [2.75, 3.05) is 5.32 Å². The van der Waals surface area contributed by atoms with Gasteiger partial charge in [-0.2, -0.15) is 4.98 Å². The Balaban J connectivity index is 1.57. The van der Waals surface area contributed by atoms with Gasteiger partial charge in [-0.25, -0.2) is 9.59 Å². The third kappa shape index (κ3) is 4.18. The van der Waals surface area contributed by atoms with Gasteiger partial charge in [0.2, 0.25) is 5.82 Å². The van der Waals surface area contributed by atoms with E-state index in [0.29, 0.717) is 39.6 Å². The van der Waals surface area contributed by atoms with E-state index in [1.807, 2.05) is 26.8 Å². The van der Waals surface area contributed by atoms with Crippen molar-refractivity contribution in [3.8, 4) is 22.8 Å². The summed E-state index contributed by atoms with van der Waals surface area (Å²) in [5.41, 5.74) is 2.74. The first kappa shape index (κ1) is 18.5. The van der Waals surface area contributed by atoms with E-state index in [0.717, 1.165) is 0 Å². The number of aromatic amines is 2. The van der Waals surface area contributed by atoms with Gasteiger partial charge in [-0.05, 0) is 57.2 Å². The van der Waals surface area contributed by atoms with Gasteiger partial charge in [0.15, 0.2) is 0 Å². The Morgan fingerprint density at radius 3 is 2.62 bits per heavy atom. The highest BCUT2D eigenvalue weighted by atomic mass is 16.5. The van der Waals surface area contributed by atoms with E-state index < -0.39 is 0 Å². The molecule has 0 bridgehead atoms. The molecule has 29 heavy (non-hydrogen) atoms. The first-order chi connectivity index (χ1) is 13.8. The third-order valence-electron chi connectivity index (χ3n) is 4.06. The molecule has 0 aliphatic carbocycles. The molecule has 2 aromatic heterocycles. The van der Waals surface area contributed by atoms with Gasteiger partial charge in [0.1, 0.15) is 0 Å². The molecular weight excluding hydrogens is 372 g/mol. The second kappa shape index (κ2) is 6.93. The smallest absolute Gasteiger partial charge is 0.323 e. The standard InChI is InChI=1S/C20H20N6O3/c1-20(2,3)25-19(28)21-13-6-4-5-12(9-13)17-24-16(26-29-17)11-7-8-14-15(10-11)23-18(27)22-14/h4-10H,1-3H3,(H2,21,25,28)(H2,22,23,27). The van der Waals surface area contributed by atoms with E-state index in [9.17, 15) is 9.59 Å². The topological polar surface area (TPSA) is 129 Å². The molecule has 4 rings (SSSR count). The fourth-order valence-electron chi connectivity index (χ4n) is 2.86. The van der Waals surface area contributed by atoms with Crippen molar-refractivity contribution < 1.29 is 9.32 Å². The van der Waals surface area contributed by atoms with Crippen LogP contribution in [0.5, 0.6) is 0 Å². The maximum absolute atomic E-state index is 12.1. The number of nitrogens with zero attached hydrogens (tertiary/aromatic N) is 2. The summed E-state index contributed by atoms with van der Waals surface area (Å²) in [4.78, 5) is 33.3. The summed E-state index contributed by atoms with van der Waals surface area (Å²) in [6.07, 6.45) is 0. The van der Waals surface area contributed by atoms with E-state index in [2.05, 4.69) is 30.7 Å². The summed E-state index contributed by atoms with van der Waals surface area (Å²) in [6.45, 7) is 5.72. The second-order valence-corrected chi connectivity index (χ2v) is 7.67. The van der Waals surface area contributed by atoms with E-state index in [-0.39, 0.29) is 17.3 Å². The first-order valence-corrected chi connectivity index (χ1v) is 9.03. The zero-order valence-corrected chi connectivity index (χ0v) is 16.2. The predicted octanol–water partition coefficient (Wildman–Crippen LogP) is 3.49. The summed E-state index contributed by atoms with van der Waals surface area (Å²) < 4.78 is 5.39. The largest absolute Gasteiger partial charge is 0.334 e. The van der Waals surface area contributed by atoms with Gasteiger partial charge < -0.3 is 25.1 Å². The number of nitrogens with one attached hydrogen (secondary N) is 4. The molecule has 4 N–H and O–H groups in total. The van der Waals surface area contributed by atoms with Crippen LogP contribution in [0.1, 0.15) is 20.8 Å². The van der Waals surface area contributed by atoms with Crippen LogP contribution in [-0.2, 0) is 0 Å². The normalized spacial score (nSPS) is 11.6. The number of fused-ring (bicyclic) bond motifs is 1. The molecule has 0 saturated carbocycles. The molecule has 0 aliphatic heterocycles. The number of carbonyl (C=O) groups excluding carboxylic acids is 1. The number of hydrogen-bond acceptors (Lipinski definition) is 5. The van der Waals surface area contributed by atoms with Crippen LogP contribution in [0.4, 0.5) is 10.5 Å². The number of H-pyrrole nitrogens is 2. The lowest BCUT2D eigenvalue weighted by Gasteiger charge is -2.20. The lowest BCUT2D eigenvalue weighted by molar-refractivity contribution is 0.244. The SMILES string of the molecule is CC(C)(C)NC(=O)Nc1cccc(-c2nc(-c3ccc4[nH]c(=O)[nH]c4c3)no2)c1. The zero-order valence-electron chi connectivity index (χ0n) is 16.2. The maximum Gasteiger partial charge on any atom is 0.323 e. The van der Waals surface area contributed by atoms with E-state index in [1.165, 1.54) is 0 Å². The molecule has 0 aliphatic rings. The fourth-order valence-corrected chi connectivity index (χ4v) is 2.86. The number of anilines is 1. The molecule has 0 radical (unpaired) electrons. The van der Waals surface area contributed by atoms with Crippen LogP contribution in [0.15, 0.2) is 51.8 Å². The number of rotatable bonds is 3. The third-order valence-corrected chi connectivity index (χ3v) is 4.06. The fraction of sp³-hybridized carbons (Fsp3) is 0.200. The van der Waals surface area contributed by atoms with Crippen LogP contribution < -0.4 is 16.3 Å². The number of hydrogen-bond donors (Lipinski definition) is 4. The van der Waals surface area contributed by atoms with Gasteiger partial charge in [-0.3, -0.25) is 0 Å². The van der Waals surface area contributed by atoms with Crippen molar-refractivity contribution >= 4 is 22.8 Å². The average molecular weight is 392 g/mol. The van der Waals surface area contributed by atoms with Gasteiger partial charge in [0.05, 0.1) is 11.0 Å². The lowest BCUT2D eigenvalue weighted by Crippen LogP contribution is -2.43. The summed E-state index contributed by atoms with van der Waals surface area (Å²) in [5.74, 6) is 0.718. The summed E-state index contributed by atoms with van der Waals surface area (Å²) in [6, 6.07) is 12.2. The highest BCUT2D eigenvalue weighted by Gasteiger charge is 2.15. The zero-order chi connectivity index (χ0) is 20.6. The summed E-state index contributed by atoms with van der Waals surface area (Å²) in [7, 11) is 0. The summed E-state index contributed by atoms with van der Waals surface area (Å²) in [5, 5.41) is 9.66. The van der Waals surface area contributed by atoms with Crippen LogP contribution in [0, 0.1) is 0 Å². The first-order valence-electron chi connectivity index (χ1n) is 9.03. The van der Waals surface area contributed by atoms with Crippen molar-refractivity contribution in [1.29, 1.82) is 0 Å². The molecule has 0 spiro atoms. The molecule has 148 valence electrons. The number of aromatic nitrogens is 4. The number of carbonyl (C=O) groups is 1. The minimum absolute atomic E-state index is 0.272. The Kier molecular flexibility index (Phi) is 4.42. The maximum atomic E-state index is 12.1. The lowest BCUT2D eigenvalue weighted by atomic mass is 10.1. The van der Waals surface area contributed by atoms with Crippen molar-refractivity contribution in [1.82, 2.24) is 25.4 Å². The Bertz CT molecular complexity index is 1240. The molecule has 0 atom stereocenters. The molecule has 0 unspecified atom stereocenters. The molecule has 9 heteroatoms. The molecule has 4 aromatic rings. The molecule has 2 amide bonds. The number of urea groups is 1. The minimum Gasteiger partial charge on any atom is -0.334 e. The molecule has 9 nitrogen and oxygen atoms in total. The van der Waals surface area contributed by atoms with E-state index in [4.69, 9.17) is 4.52 Å². The molecule has 2 aromatic carbocycles. The van der Waals surface area contributed by atoms with Crippen LogP contribution in [0.25, 0.3) is 33.9 Å². The van der Waals surface area contributed by atoms with Gasteiger partial charge in [-0.15, -0.1) is 0 Å². The number of benzene rings is 2. The number of imidazole rings is 1. The average Bonchev–Trinajstić information content (AvgIpc) is 3.25. The van der Waals surface area contributed by atoms with Crippen LogP contribution in [0.2, 0.25) is 0 Å². The van der Waals surface area contributed by atoms with Crippen molar-refractivity contribution in [2.45, 2.75) is 26.3 Å². The molecule has 0 saturated heterocycles. The van der Waals surface area contributed by atoms with Crippen molar-refractivity contribution in [2.24, 2.45) is 0 Å².